The Hall–Kier alpha value is -3.52. The van der Waals surface area contributed by atoms with Crippen LogP contribution in [0.15, 0.2) is 71.4 Å². The zero-order valence-corrected chi connectivity index (χ0v) is 15.7. The fourth-order valence-corrected chi connectivity index (χ4v) is 3.16. The molecule has 0 fully saturated rings. The third-order valence-corrected chi connectivity index (χ3v) is 4.59. The van der Waals surface area contributed by atoms with Crippen LogP contribution < -0.4 is 10.1 Å². The van der Waals surface area contributed by atoms with Crippen molar-refractivity contribution in [3.8, 4) is 17.1 Å². The topological polar surface area (TPSA) is 81.9 Å². The molecule has 140 valence electrons. The number of aromatic nitrogens is 4. The first kappa shape index (κ1) is 17.9. The van der Waals surface area contributed by atoms with E-state index in [1.807, 2.05) is 59.3 Å². The highest BCUT2D eigenvalue weighted by atomic mass is 32.1. The van der Waals surface area contributed by atoms with Crippen LogP contribution in [0.1, 0.15) is 5.56 Å². The van der Waals surface area contributed by atoms with E-state index in [2.05, 4.69) is 20.7 Å². The smallest absolute Gasteiger partial charge is 0.248 e. The fraction of sp³-hybridized carbons (Fsp3) is 0.100. The molecule has 2 aromatic heterocycles. The van der Waals surface area contributed by atoms with Crippen molar-refractivity contribution in [1.82, 2.24) is 20.2 Å². The van der Waals surface area contributed by atoms with Crippen LogP contribution in [0.25, 0.3) is 11.4 Å². The van der Waals surface area contributed by atoms with Crippen molar-refractivity contribution in [3.05, 3.63) is 77.0 Å². The lowest BCUT2D eigenvalue weighted by atomic mass is 10.2. The summed E-state index contributed by atoms with van der Waals surface area (Å²) in [5, 5.41) is 18.8. The standard InChI is InChI=1S/C20H17N5O2S/c26-19(12-25-23-20(22-24-25)16-10-11-28-14-16)21-17-6-8-18(9-7-17)27-13-15-4-2-1-3-5-15/h1-11,14H,12-13H2,(H,21,26). The van der Waals surface area contributed by atoms with Crippen LogP contribution in [-0.4, -0.2) is 26.1 Å². The predicted molar refractivity (Wildman–Crippen MR) is 107 cm³/mol. The fourth-order valence-electron chi connectivity index (χ4n) is 2.52. The van der Waals surface area contributed by atoms with Crippen molar-refractivity contribution >= 4 is 22.9 Å². The summed E-state index contributed by atoms with van der Waals surface area (Å²) in [5.74, 6) is 1.02. The molecule has 28 heavy (non-hydrogen) atoms. The molecule has 0 spiro atoms. The third-order valence-electron chi connectivity index (χ3n) is 3.90. The van der Waals surface area contributed by atoms with Crippen LogP contribution in [0.2, 0.25) is 0 Å². The van der Waals surface area contributed by atoms with Gasteiger partial charge in [-0.2, -0.15) is 16.1 Å². The summed E-state index contributed by atoms with van der Waals surface area (Å²) >= 11 is 1.56. The molecule has 1 amide bonds. The van der Waals surface area contributed by atoms with Gasteiger partial charge in [0.2, 0.25) is 11.7 Å². The van der Waals surface area contributed by atoms with Gasteiger partial charge in [-0.1, -0.05) is 30.3 Å². The number of nitrogens with one attached hydrogen (secondary N) is 1. The number of rotatable bonds is 7. The van der Waals surface area contributed by atoms with E-state index < -0.39 is 0 Å². The first-order chi connectivity index (χ1) is 13.8. The van der Waals surface area contributed by atoms with E-state index in [9.17, 15) is 4.79 Å². The van der Waals surface area contributed by atoms with Crippen LogP contribution in [0, 0.1) is 0 Å². The highest BCUT2D eigenvalue weighted by Crippen LogP contribution is 2.18. The molecule has 0 saturated carbocycles. The maximum absolute atomic E-state index is 12.2. The van der Waals surface area contributed by atoms with Crippen molar-refractivity contribution in [1.29, 1.82) is 0 Å². The summed E-state index contributed by atoms with van der Waals surface area (Å²) in [7, 11) is 0. The Kier molecular flexibility index (Phi) is 5.39. The number of hydrogen-bond donors (Lipinski definition) is 1. The van der Waals surface area contributed by atoms with Gasteiger partial charge in [0.25, 0.3) is 0 Å². The van der Waals surface area contributed by atoms with Crippen LogP contribution in [0.5, 0.6) is 5.75 Å². The lowest BCUT2D eigenvalue weighted by Gasteiger charge is -2.08. The lowest BCUT2D eigenvalue weighted by molar-refractivity contribution is -0.117. The SMILES string of the molecule is O=C(Cn1nnc(-c2ccsc2)n1)Nc1ccc(OCc2ccccc2)cc1. The van der Waals surface area contributed by atoms with Gasteiger partial charge in [0.05, 0.1) is 0 Å². The number of carbonyl (C=O) groups is 1. The molecule has 1 N–H and O–H groups in total. The van der Waals surface area contributed by atoms with Gasteiger partial charge in [-0.05, 0) is 46.5 Å². The number of hydrogen-bond acceptors (Lipinski definition) is 6. The van der Waals surface area contributed by atoms with Crippen LogP contribution >= 0.6 is 11.3 Å². The van der Waals surface area contributed by atoms with Gasteiger partial charge in [-0.25, -0.2) is 0 Å². The number of ether oxygens (including phenoxy) is 1. The predicted octanol–water partition coefficient (Wildman–Crippen LogP) is 3.62. The number of amides is 1. The van der Waals surface area contributed by atoms with Gasteiger partial charge in [-0.15, -0.1) is 10.2 Å². The van der Waals surface area contributed by atoms with E-state index in [0.717, 1.165) is 16.9 Å². The molecule has 4 rings (SSSR count). The maximum Gasteiger partial charge on any atom is 0.248 e. The Morgan fingerprint density at radius 1 is 1.07 bits per heavy atom. The summed E-state index contributed by atoms with van der Waals surface area (Å²) in [6, 6.07) is 19.1. The largest absolute Gasteiger partial charge is 0.489 e. The summed E-state index contributed by atoms with van der Waals surface area (Å²) in [6.45, 7) is 0.486. The van der Waals surface area contributed by atoms with E-state index in [0.29, 0.717) is 18.1 Å². The van der Waals surface area contributed by atoms with E-state index in [4.69, 9.17) is 4.74 Å². The molecule has 0 bridgehead atoms. The number of carbonyl (C=O) groups excluding carboxylic acids is 1. The Balaban J connectivity index is 1.29. The van der Waals surface area contributed by atoms with Gasteiger partial charge in [0.15, 0.2) is 0 Å². The van der Waals surface area contributed by atoms with Gasteiger partial charge in [0, 0.05) is 16.6 Å². The summed E-state index contributed by atoms with van der Waals surface area (Å²) in [6.07, 6.45) is 0. The molecule has 0 aliphatic heterocycles. The molecule has 4 aromatic rings. The Morgan fingerprint density at radius 3 is 2.64 bits per heavy atom. The lowest BCUT2D eigenvalue weighted by Crippen LogP contribution is -2.20. The van der Waals surface area contributed by atoms with Crippen LogP contribution in [0.3, 0.4) is 0 Å². The normalized spacial score (nSPS) is 10.6. The average molecular weight is 391 g/mol. The molecule has 0 unspecified atom stereocenters. The average Bonchev–Trinajstić information content (AvgIpc) is 3.40. The van der Waals surface area contributed by atoms with E-state index in [1.165, 1.54) is 4.80 Å². The highest BCUT2D eigenvalue weighted by molar-refractivity contribution is 7.08. The molecule has 8 heteroatoms. The minimum atomic E-state index is -0.229. The Labute approximate surface area is 165 Å². The maximum atomic E-state index is 12.2. The quantitative estimate of drug-likeness (QED) is 0.520. The van der Waals surface area contributed by atoms with Gasteiger partial charge in [-0.3, -0.25) is 4.79 Å². The number of benzene rings is 2. The zero-order valence-electron chi connectivity index (χ0n) is 14.9. The number of tetrazole rings is 1. The molecule has 0 saturated heterocycles. The van der Waals surface area contributed by atoms with Gasteiger partial charge in [0.1, 0.15) is 18.9 Å². The highest BCUT2D eigenvalue weighted by Gasteiger charge is 2.10. The summed E-state index contributed by atoms with van der Waals surface area (Å²) < 4.78 is 5.74. The molecule has 7 nitrogen and oxygen atoms in total. The van der Waals surface area contributed by atoms with Crippen molar-refractivity contribution in [2.24, 2.45) is 0 Å². The zero-order chi connectivity index (χ0) is 19.2. The minimum absolute atomic E-state index is 0.0105. The molecule has 0 aliphatic rings. The van der Waals surface area contributed by atoms with Crippen LogP contribution in [-0.2, 0) is 17.9 Å². The molecule has 0 aliphatic carbocycles. The summed E-state index contributed by atoms with van der Waals surface area (Å²) in [5.41, 5.74) is 2.67. The van der Waals surface area contributed by atoms with E-state index in [-0.39, 0.29) is 12.5 Å². The minimum Gasteiger partial charge on any atom is -0.489 e. The Morgan fingerprint density at radius 2 is 1.89 bits per heavy atom. The van der Waals surface area contributed by atoms with Gasteiger partial charge >= 0.3 is 0 Å². The second-order valence-corrected chi connectivity index (χ2v) is 6.78. The van der Waals surface area contributed by atoms with E-state index >= 15 is 0 Å². The molecular weight excluding hydrogens is 374 g/mol. The number of nitrogens with zero attached hydrogens (tertiary/aromatic N) is 4. The first-order valence-electron chi connectivity index (χ1n) is 8.63. The molecule has 0 radical (unpaired) electrons. The second-order valence-electron chi connectivity index (χ2n) is 6.00. The number of thiophene rings is 1. The monoisotopic (exact) mass is 391 g/mol. The van der Waals surface area contributed by atoms with Crippen molar-refractivity contribution < 1.29 is 9.53 Å². The first-order valence-corrected chi connectivity index (χ1v) is 9.57. The third kappa shape index (κ3) is 4.60. The summed E-state index contributed by atoms with van der Waals surface area (Å²) in [4.78, 5) is 13.5. The molecular formula is C20H17N5O2S. The van der Waals surface area contributed by atoms with Crippen molar-refractivity contribution in [2.75, 3.05) is 5.32 Å². The Bertz CT molecular complexity index is 1030. The second kappa shape index (κ2) is 8.45. The van der Waals surface area contributed by atoms with E-state index in [1.54, 1.807) is 23.5 Å². The van der Waals surface area contributed by atoms with Crippen LogP contribution in [0.4, 0.5) is 5.69 Å². The molecule has 2 aromatic carbocycles. The van der Waals surface area contributed by atoms with Gasteiger partial charge < -0.3 is 10.1 Å². The molecule has 0 atom stereocenters. The van der Waals surface area contributed by atoms with Crippen molar-refractivity contribution in [2.45, 2.75) is 13.2 Å². The van der Waals surface area contributed by atoms with Crippen molar-refractivity contribution in [3.63, 3.8) is 0 Å². The molecule has 2 heterocycles. The number of anilines is 1.